The number of hydrogen-bond acceptors (Lipinski definition) is 5. The second-order valence-corrected chi connectivity index (χ2v) is 8.55. The van der Waals surface area contributed by atoms with Crippen LogP contribution in [0.15, 0.2) is 35.0 Å². The van der Waals surface area contributed by atoms with E-state index in [1.807, 2.05) is 13.0 Å². The Morgan fingerprint density at radius 3 is 2.58 bits per heavy atom. The number of carboxylic acids is 1. The molecule has 8 heteroatoms. The monoisotopic (exact) mass is 467 g/mol. The van der Waals surface area contributed by atoms with Crippen LogP contribution >= 0.6 is 0 Å². The number of aliphatic carboxylic acids is 1. The molecule has 0 aliphatic heterocycles. The van der Waals surface area contributed by atoms with E-state index in [0.29, 0.717) is 50.0 Å². The van der Waals surface area contributed by atoms with Crippen LogP contribution in [0.4, 0.5) is 8.78 Å². The minimum absolute atomic E-state index is 0.117. The first-order chi connectivity index (χ1) is 15.8. The fourth-order valence-electron chi connectivity index (χ4n) is 4.19. The Labute approximate surface area is 194 Å². The van der Waals surface area contributed by atoms with Crippen molar-refractivity contribution in [1.29, 1.82) is 0 Å². The van der Waals surface area contributed by atoms with Crippen molar-refractivity contribution in [2.24, 2.45) is 11.1 Å². The van der Waals surface area contributed by atoms with Gasteiger partial charge in [0.1, 0.15) is 18.2 Å². The summed E-state index contributed by atoms with van der Waals surface area (Å²) in [7, 11) is 0. The highest BCUT2D eigenvalue weighted by Crippen LogP contribution is 2.34. The van der Waals surface area contributed by atoms with Gasteiger partial charge in [0.05, 0.1) is 17.9 Å². The summed E-state index contributed by atoms with van der Waals surface area (Å²) in [6, 6.07) is 3.35. The molecular weight excluding hydrogens is 432 g/mol. The molecule has 184 valence electrons. The van der Waals surface area contributed by atoms with Gasteiger partial charge in [0.15, 0.2) is 0 Å². The van der Waals surface area contributed by atoms with Crippen molar-refractivity contribution in [3.63, 3.8) is 0 Å². The number of rotatable bonds is 14. The number of carboxylic acid groups (broad SMARTS) is 1. The van der Waals surface area contributed by atoms with Crippen LogP contribution in [0, 0.1) is 17.6 Å². The Morgan fingerprint density at radius 2 is 1.91 bits per heavy atom. The number of carbonyl (C=O) groups is 1. The molecule has 0 heterocycles. The quantitative estimate of drug-likeness (QED) is 0.270. The number of unbranched alkanes of at least 4 members (excludes halogenated alkanes) is 3. The standard InChI is InChI=1S/C25H35F2NO5/c1-2-33-28-23-16-24(30)22(7-5-3-4-6-8-25(31)32)21(23)12-11-20(29)10-9-17-13-18(26)15-19(27)14-17/h12-15,20,22,24,29-30H,2-11,16H2,1H3,(H,31,32)/b21-12+,28-23-/t20-,22+,24-/m0/s1. The van der Waals surface area contributed by atoms with Crippen LogP contribution in [-0.4, -0.2) is 45.8 Å². The van der Waals surface area contributed by atoms with E-state index in [0.717, 1.165) is 37.3 Å². The molecule has 3 atom stereocenters. The number of halogens is 2. The Balaban J connectivity index is 1.95. The molecule has 0 radical (unpaired) electrons. The molecule has 1 aromatic carbocycles. The second kappa shape index (κ2) is 14.1. The van der Waals surface area contributed by atoms with E-state index in [-0.39, 0.29) is 12.3 Å². The van der Waals surface area contributed by atoms with Gasteiger partial charge in [0.25, 0.3) is 0 Å². The van der Waals surface area contributed by atoms with Crippen LogP contribution < -0.4 is 0 Å². The number of aliphatic hydroxyl groups is 2. The van der Waals surface area contributed by atoms with E-state index in [2.05, 4.69) is 5.16 Å². The Kier molecular flexibility index (Phi) is 11.5. The minimum atomic E-state index is -0.788. The number of oxime groups is 1. The predicted molar refractivity (Wildman–Crippen MR) is 122 cm³/mol. The molecule has 3 N–H and O–H groups in total. The van der Waals surface area contributed by atoms with Crippen LogP contribution in [-0.2, 0) is 16.1 Å². The third-order valence-electron chi connectivity index (χ3n) is 5.86. The zero-order valence-electron chi connectivity index (χ0n) is 19.2. The van der Waals surface area contributed by atoms with Crippen LogP contribution in [0.25, 0.3) is 0 Å². The van der Waals surface area contributed by atoms with Crippen molar-refractivity contribution in [2.75, 3.05) is 6.61 Å². The van der Waals surface area contributed by atoms with Gasteiger partial charge >= 0.3 is 5.97 Å². The van der Waals surface area contributed by atoms with Crippen molar-refractivity contribution in [3.05, 3.63) is 47.0 Å². The highest BCUT2D eigenvalue weighted by atomic mass is 19.1. The Morgan fingerprint density at radius 1 is 1.21 bits per heavy atom. The lowest BCUT2D eigenvalue weighted by Crippen LogP contribution is -2.15. The van der Waals surface area contributed by atoms with Gasteiger partial charge in [0, 0.05) is 24.8 Å². The molecule has 1 saturated carbocycles. The predicted octanol–water partition coefficient (Wildman–Crippen LogP) is 4.77. The molecule has 6 nitrogen and oxygen atoms in total. The molecule has 0 amide bonds. The lowest BCUT2D eigenvalue weighted by atomic mass is 9.92. The molecule has 1 aliphatic rings. The minimum Gasteiger partial charge on any atom is -0.481 e. The fourth-order valence-corrected chi connectivity index (χ4v) is 4.19. The van der Waals surface area contributed by atoms with Gasteiger partial charge in [-0.1, -0.05) is 30.5 Å². The molecule has 0 aromatic heterocycles. The summed E-state index contributed by atoms with van der Waals surface area (Å²) in [6.45, 7) is 2.24. The van der Waals surface area contributed by atoms with Crippen LogP contribution in [0.3, 0.4) is 0 Å². The number of aryl methyl sites for hydroxylation is 1. The molecular formula is C25H35F2NO5. The smallest absolute Gasteiger partial charge is 0.303 e. The summed E-state index contributed by atoms with van der Waals surface area (Å²) in [6.07, 6.45) is 6.14. The van der Waals surface area contributed by atoms with E-state index in [9.17, 15) is 23.8 Å². The van der Waals surface area contributed by atoms with Crippen molar-refractivity contribution in [2.45, 2.75) is 83.3 Å². The maximum absolute atomic E-state index is 13.3. The van der Waals surface area contributed by atoms with Crippen LogP contribution in [0.1, 0.15) is 70.3 Å². The highest BCUT2D eigenvalue weighted by Gasteiger charge is 2.35. The summed E-state index contributed by atoms with van der Waals surface area (Å²) in [4.78, 5) is 15.8. The number of hydrogen-bond donors (Lipinski definition) is 3. The van der Waals surface area contributed by atoms with Gasteiger partial charge in [0.2, 0.25) is 0 Å². The first-order valence-corrected chi connectivity index (χ1v) is 11.7. The number of nitrogens with zero attached hydrogens (tertiary/aromatic N) is 1. The first kappa shape index (κ1) is 26.9. The number of aliphatic hydroxyl groups excluding tert-OH is 2. The van der Waals surface area contributed by atoms with Gasteiger partial charge in [-0.3, -0.25) is 4.79 Å². The summed E-state index contributed by atoms with van der Waals surface area (Å²) < 4.78 is 26.7. The average molecular weight is 468 g/mol. The average Bonchev–Trinajstić information content (AvgIpc) is 3.05. The van der Waals surface area contributed by atoms with Crippen molar-refractivity contribution in [1.82, 2.24) is 0 Å². The molecule has 0 bridgehead atoms. The van der Waals surface area contributed by atoms with E-state index in [1.165, 1.54) is 12.1 Å². The molecule has 1 fully saturated rings. The normalized spacial score (nSPS) is 21.6. The van der Waals surface area contributed by atoms with Crippen molar-refractivity contribution < 1.29 is 33.7 Å². The van der Waals surface area contributed by atoms with E-state index < -0.39 is 29.8 Å². The van der Waals surface area contributed by atoms with Gasteiger partial charge in [-0.05, 0) is 62.3 Å². The largest absolute Gasteiger partial charge is 0.481 e. The van der Waals surface area contributed by atoms with Crippen molar-refractivity contribution >= 4 is 11.7 Å². The van der Waals surface area contributed by atoms with Gasteiger partial charge in [-0.2, -0.15) is 0 Å². The highest BCUT2D eigenvalue weighted by molar-refractivity contribution is 6.03. The summed E-state index contributed by atoms with van der Waals surface area (Å²) >= 11 is 0. The second-order valence-electron chi connectivity index (χ2n) is 8.55. The summed E-state index contributed by atoms with van der Waals surface area (Å²) in [5.41, 5.74) is 2.05. The van der Waals surface area contributed by atoms with Gasteiger partial charge in [-0.25, -0.2) is 8.78 Å². The van der Waals surface area contributed by atoms with Gasteiger partial charge < -0.3 is 20.2 Å². The van der Waals surface area contributed by atoms with Crippen molar-refractivity contribution in [3.8, 4) is 0 Å². The fraction of sp³-hybridized carbons (Fsp3) is 0.600. The maximum atomic E-state index is 13.3. The molecule has 0 spiro atoms. The Hall–Kier alpha value is -2.32. The number of benzene rings is 1. The van der Waals surface area contributed by atoms with E-state index in [1.54, 1.807) is 0 Å². The maximum Gasteiger partial charge on any atom is 0.303 e. The topological polar surface area (TPSA) is 99.4 Å². The summed E-state index contributed by atoms with van der Waals surface area (Å²) in [5, 5.41) is 33.9. The molecule has 0 saturated heterocycles. The first-order valence-electron chi connectivity index (χ1n) is 11.7. The zero-order chi connectivity index (χ0) is 24.2. The molecule has 2 rings (SSSR count). The Bertz CT molecular complexity index is 807. The lowest BCUT2D eigenvalue weighted by Gasteiger charge is -2.16. The molecule has 1 aromatic rings. The molecule has 0 unspecified atom stereocenters. The SMILES string of the molecule is CCO/N=C1/C[C@H](O)[C@H](CCCCCCC(=O)O)/C1=C\C[C@@H](O)CCc1cc(F)cc(F)c1. The molecule has 1 aliphatic carbocycles. The zero-order valence-corrected chi connectivity index (χ0v) is 19.2. The summed E-state index contributed by atoms with van der Waals surface area (Å²) in [5.74, 6) is -2.18. The van der Waals surface area contributed by atoms with Crippen LogP contribution in [0.2, 0.25) is 0 Å². The third-order valence-corrected chi connectivity index (χ3v) is 5.86. The van der Waals surface area contributed by atoms with E-state index in [4.69, 9.17) is 9.94 Å². The molecule has 33 heavy (non-hydrogen) atoms. The third kappa shape index (κ3) is 9.60. The lowest BCUT2D eigenvalue weighted by molar-refractivity contribution is -0.137. The van der Waals surface area contributed by atoms with Gasteiger partial charge in [-0.15, -0.1) is 0 Å². The van der Waals surface area contributed by atoms with Crippen LogP contribution in [0.5, 0.6) is 0 Å². The van der Waals surface area contributed by atoms with E-state index >= 15 is 0 Å².